The van der Waals surface area contributed by atoms with Crippen LogP contribution in [0.5, 0.6) is 0 Å². The molecule has 0 unspecified atom stereocenters. The van der Waals surface area contributed by atoms with E-state index in [1.54, 1.807) is 0 Å². The number of hydrogen-bond acceptors (Lipinski definition) is 0. The third-order valence-electron chi connectivity index (χ3n) is 3.32. The van der Waals surface area contributed by atoms with Crippen molar-refractivity contribution in [3.05, 3.63) is 11.7 Å². The minimum absolute atomic E-state index is 4.02. The smallest absolute Gasteiger partial charge is 0.222 e. The van der Waals surface area contributed by atoms with Gasteiger partial charge in [-0.3, -0.25) is 0 Å². The molecule has 0 aromatic carbocycles. The fraction of sp³-hybridized carbons (Fsp3) is 0.750. The Balaban J connectivity index is 3.06. The largest absolute Gasteiger partial charge is 0.360 e. The van der Waals surface area contributed by atoms with Crippen LogP contribution >= 0.6 is 0 Å². The molecular formula is C8F12. The highest BCUT2D eigenvalue weighted by molar-refractivity contribution is 5.49. The van der Waals surface area contributed by atoms with Gasteiger partial charge in [0.05, 0.1) is 0 Å². The van der Waals surface area contributed by atoms with E-state index in [1.807, 2.05) is 0 Å². The predicted molar refractivity (Wildman–Crippen MR) is 36.7 cm³/mol. The van der Waals surface area contributed by atoms with E-state index in [0.29, 0.717) is 0 Å². The van der Waals surface area contributed by atoms with Crippen LogP contribution in [0.4, 0.5) is 52.7 Å². The van der Waals surface area contributed by atoms with E-state index in [9.17, 15) is 52.7 Å². The lowest BCUT2D eigenvalue weighted by molar-refractivity contribution is -0.460. The van der Waals surface area contributed by atoms with Crippen molar-refractivity contribution < 1.29 is 52.7 Å². The van der Waals surface area contributed by atoms with Gasteiger partial charge in [-0.1, -0.05) is 0 Å². The monoisotopic (exact) mass is 324 g/mol. The van der Waals surface area contributed by atoms with Gasteiger partial charge in [0, 0.05) is 0 Å². The predicted octanol–water partition coefficient (Wildman–Crippen LogP) is 4.12. The zero-order chi connectivity index (χ0) is 16.2. The summed E-state index contributed by atoms with van der Waals surface area (Å²) >= 11 is 0. The molecule has 0 radical (unpaired) electrons. The first-order valence-corrected chi connectivity index (χ1v) is 4.52. The van der Waals surface area contributed by atoms with E-state index in [0.717, 1.165) is 0 Å². The quantitative estimate of drug-likeness (QED) is 0.588. The van der Waals surface area contributed by atoms with E-state index in [2.05, 4.69) is 0 Å². The minimum atomic E-state index is -6.94. The van der Waals surface area contributed by atoms with E-state index in [4.69, 9.17) is 0 Å². The Morgan fingerprint density at radius 1 is 0.400 bits per heavy atom. The summed E-state index contributed by atoms with van der Waals surface area (Å²) in [5.74, 6) is -35.8. The van der Waals surface area contributed by atoms with Crippen molar-refractivity contribution in [3.63, 3.8) is 0 Å². The van der Waals surface area contributed by atoms with Gasteiger partial charge in [0.25, 0.3) is 0 Å². The van der Waals surface area contributed by atoms with Gasteiger partial charge in [0.2, 0.25) is 0 Å². The molecule has 0 N–H and O–H groups in total. The second-order valence-corrected chi connectivity index (χ2v) is 4.24. The second-order valence-electron chi connectivity index (χ2n) is 4.24. The van der Waals surface area contributed by atoms with Crippen LogP contribution in [0.15, 0.2) is 11.7 Å². The molecule has 0 heterocycles. The van der Waals surface area contributed by atoms with Gasteiger partial charge in [-0.15, -0.1) is 0 Å². The number of fused-ring (bicyclic) bond motifs is 2. The van der Waals surface area contributed by atoms with Crippen molar-refractivity contribution in [2.24, 2.45) is 0 Å². The molecule has 0 nitrogen and oxygen atoms in total. The van der Waals surface area contributed by atoms with E-state index < -0.39 is 46.7 Å². The molecular weight excluding hydrogens is 324 g/mol. The Kier molecular flexibility index (Phi) is 2.34. The number of halogens is 12. The minimum Gasteiger partial charge on any atom is -0.222 e. The molecule has 12 heteroatoms. The molecule has 0 spiro atoms. The first-order valence-electron chi connectivity index (χ1n) is 4.52. The molecule has 0 amide bonds. The van der Waals surface area contributed by atoms with Crippen molar-refractivity contribution in [1.29, 1.82) is 0 Å². The first kappa shape index (κ1) is 15.3. The van der Waals surface area contributed by atoms with E-state index in [1.165, 1.54) is 0 Å². The topological polar surface area (TPSA) is 0 Å². The Hall–Kier alpha value is -1.10. The molecule has 3 aliphatic carbocycles. The molecule has 1 fully saturated rings. The molecule has 3 rings (SSSR count). The van der Waals surface area contributed by atoms with Crippen LogP contribution in [0.25, 0.3) is 0 Å². The summed E-state index contributed by atoms with van der Waals surface area (Å²) in [4.78, 5) is 0. The summed E-state index contributed by atoms with van der Waals surface area (Å²) in [5, 5.41) is 0. The van der Waals surface area contributed by atoms with Crippen LogP contribution in [-0.4, -0.2) is 35.0 Å². The molecule has 0 aromatic rings. The Morgan fingerprint density at radius 3 is 0.700 bits per heavy atom. The van der Waals surface area contributed by atoms with Crippen molar-refractivity contribution >= 4 is 0 Å². The van der Waals surface area contributed by atoms with E-state index in [-0.39, 0.29) is 0 Å². The lowest BCUT2D eigenvalue weighted by Gasteiger charge is -2.57. The number of rotatable bonds is 0. The van der Waals surface area contributed by atoms with Crippen LogP contribution in [0.2, 0.25) is 0 Å². The van der Waals surface area contributed by atoms with Crippen LogP contribution in [0, 0.1) is 0 Å². The number of allylic oxidation sites excluding steroid dienone is 2. The summed E-state index contributed by atoms with van der Waals surface area (Å²) < 4.78 is 156. The molecule has 2 bridgehead atoms. The van der Waals surface area contributed by atoms with Gasteiger partial charge in [0.15, 0.2) is 11.7 Å². The SMILES string of the molecule is FC1=C(F)C2(F)C(F)(F)C(F)(F)C1(F)C(F)(F)C2(F)F. The number of hydrogen-bond donors (Lipinski definition) is 0. The van der Waals surface area contributed by atoms with Gasteiger partial charge >= 0.3 is 35.0 Å². The van der Waals surface area contributed by atoms with Crippen LogP contribution < -0.4 is 0 Å². The highest BCUT2D eigenvalue weighted by atomic mass is 19.4. The van der Waals surface area contributed by atoms with Gasteiger partial charge in [-0.2, -0.15) is 35.1 Å². The third-order valence-corrected chi connectivity index (χ3v) is 3.32. The molecule has 0 atom stereocenters. The van der Waals surface area contributed by atoms with E-state index >= 15 is 0 Å². The normalized spacial score (nSPS) is 43.8. The molecule has 1 saturated carbocycles. The average molecular weight is 324 g/mol. The lowest BCUT2D eigenvalue weighted by atomic mass is 9.60. The first-order chi connectivity index (χ1) is 8.57. The molecule has 3 aliphatic rings. The highest BCUT2D eigenvalue weighted by Crippen LogP contribution is 2.76. The second kappa shape index (κ2) is 3.06. The molecule has 116 valence electrons. The zero-order valence-electron chi connectivity index (χ0n) is 8.54. The summed E-state index contributed by atoms with van der Waals surface area (Å²) in [6.45, 7) is 0. The fourth-order valence-corrected chi connectivity index (χ4v) is 2.11. The van der Waals surface area contributed by atoms with Crippen LogP contribution in [-0.2, 0) is 0 Å². The van der Waals surface area contributed by atoms with Crippen molar-refractivity contribution in [2.75, 3.05) is 0 Å². The summed E-state index contributed by atoms with van der Waals surface area (Å²) in [7, 11) is 0. The highest BCUT2D eigenvalue weighted by Gasteiger charge is 3.05. The zero-order valence-corrected chi connectivity index (χ0v) is 8.54. The summed E-state index contributed by atoms with van der Waals surface area (Å²) in [6, 6.07) is 0. The summed E-state index contributed by atoms with van der Waals surface area (Å²) in [6.07, 6.45) is 0. The molecule has 20 heavy (non-hydrogen) atoms. The Morgan fingerprint density at radius 2 is 0.550 bits per heavy atom. The third kappa shape index (κ3) is 0.900. The number of alkyl halides is 10. The van der Waals surface area contributed by atoms with Gasteiger partial charge in [0.1, 0.15) is 0 Å². The fourth-order valence-electron chi connectivity index (χ4n) is 2.11. The molecule has 0 saturated heterocycles. The lowest BCUT2D eigenvalue weighted by Crippen LogP contribution is -2.88. The van der Waals surface area contributed by atoms with Gasteiger partial charge in [-0.05, 0) is 0 Å². The molecule has 0 aliphatic heterocycles. The maximum atomic E-state index is 13.4. The maximum Gasteiger partial charge on any atom is 0.360 e. The molecule has 0 aromatic heterocycles. The van der Waals surface area contributed by atoms with Crippen LogP contribution in [0.3, 0.4) is 0 Å². The standard InChI is InChI=1S/C8F12/c9-1-2(10)4(12)7(17,18)5(13,14)3(1,11)6(15,16)8(4,19)20. The van der Waals surface area contributed by atoms with Gasteiger partial charge < -0.3 is 0 Å². The maximum absolute atomic E-state index is 13.4. The van der Waals surface area contributed by atoms with Crippen molar-refractivity contribution in [1.82, 2.24) is 0 Å². The van der Waals surface area contributed by atoms with Crippen molar-refractivity contribution in [3.8, 4) is 0 Å². The van der Waals surface area contributed by atoms with Crippen molar-refractivity contribution in [2.45, 2.75) is 35.0 Å². The van der Waals surface area contributed by atoms with Crippen LogP contribution in [0.1, 0.15) is 0 Å². The average Bonchev–Trinajstić information content (AvgIpc) is 2.30. The Labute approximate surface area is 101 Å². The summed E-state index contributed by atoms with van der Waals surface area (Å²) in [5.41, 5.74) is -13.4. The van der Waals surface area contributed by atoms with Gasteiger partial charge in [-0.25, -0.2) is 17.6 Å². The Bertz CT molecular complexity index is 440.